The molecule has 0 amide bonds. The summed E-state index contributed by atoms with van der Waals surface area (Å²) in [6.07, 6.45) is 10.7. The third-order valence-electron chi connectivity index (χ3n) is 5.02. The van der Waals surface area contributed by atoms with Crippen molar-refractivity contribution in [1.29, 1.82) is 0 Å². The summed E-state index contributed by atoms with van der Waals surface area (Å²) in [7, 11) is -4.45. The van der Waals surface area contributed by atoms with Crippen molar-refractivity contribution < 1.29 is 42.5 Å². The molecule has 0 spiro atoms. The molecule has 0 aliphatic carbocycles. The van der Waals surface area contributed by atoms with Gasteiger partial charge in [0, 0.05) is 0 Å². The summed E-state index contributed by atoms with van der Waals surface area (Å²) >= 11 is 0. The molecule has 0 aromatic heterocycles. The van der Waals surface area contributed by atoms with E-state index in [1.165, 1.54) is 30.9 Å². The van der Waals surface area contributed by atoms with E-state index in [-0.39, 0.29) is 34.5 Å². The first-order chi connectivity index (χ1) is 12.5. The second-order valence-electron chi connectivity index (χ2n) is 7.17. The van der Waals surface area contributed by atoms with Crippen molar-refractivity contribution in [2.45, 2.75) is 83.0 Å². The van der Waals surface area contributed by atoms with Gasteiger partial charge in [-0.3, -0.25) is 0 Å². The van der Waals surface area contributed by atoms with Crippen LogP contribution in [0, 0.1) is 0 Å². The summed E-state index contributed by atoms with van der Waals surface area (Å²) in [6, 6.07) is 9.53. The van der Waals surface area contributed by atoms with E-state index in [9.17, 15) is 13.0 Å². The molecule has 0 saturated heterocycles. The zero-order valence-corrected chi connectivity index (χ0v) is 19.9. The van der Waals surface area contributed by atoms with Gasteiger partial charge in [-0.05, 0) is 53.6 Å². The van der Waals surface area contributed by atoms with E-state index < -0.39 is 10.1 Å². The third kappa shape index (κ3) is 7.51. The maximum Gasteiger partial charge on any atom is 1.00 e. The summed E-state index contributed by atoms with van der Waals surface area (Å²) in [5.74, 6) is 0. The Bertz CT molecular complexity index is 816. The van der Waals surface area contributed by atoms with Crippen LogP contribution in [0.2, 0.25) is 0 Å². The third-order valence-corrected chi connectivity index (χ3v) is 5.94. The Kier molecular flexibility index (Phi) is 11.2. The van der Waals surface area contributed by atoms with Gasteiger partial charge in [0.15, 0.2) is 0 Å². The Morgan fingerprint density at radius 2 is 1.41 bits per heavy atom. The van der Waals surface area contributed by atoms with Gasteiger partial charge in [0.2, 0.25) is 0 Å². The van der Waals surface area contributed by atoms with Crippen LogP contribution in [0.3, 0.4) is 0 Å². The van der Waals surface area contributed by atoms with Crippen molar-refractivity contribution in [1.82, 2.24) is 0 Å². The van der Waals surface area contributed by atoms with Crippen LogP contribution < -0.4 is 29.6 Å². The standard InChI is InChI=1S/C22H32O3S.Na/c1-3-5-7-9-11-18-13-14-19-15-16-22(26(23,24)25)20(21(19)17-18)12-10-8-6-4-2;/h13-17H,3-12H2,1-2H3,(H,23,24,25);/q;+1/p-1. The first kappa shape index (κ1) is 24.6. The van der Waals surface area contributed by atoms with Crippen LogP contribution >= 0.6 is 0 Å². The predicted molar refractivity (Wildman–Crippen MR) is 108 cm³/mol. The summed E-state index contributed by atoms with van der Waals surface area (Å²) in [5, 5.41) is 1.95. The topological polar surface area (TPSA) is 57.2 Å². The van der Waals surface area contributed by atoms with Gasteiger partial charge < -0.3 is 4.55 Å². The molecule has 2 aromatic carbocycles. The molecule has 2 aromatic rings. The molecule has 0 aliphatic heterocycles. The number of rotatable bonds is 11. The van der Waals surface area contributed by atoms with Gasteiger partial charge in [0.05, 0.1) is 4.90 Å². The van der Waals surface area contributed by atoms with Gasteiger partial charge in [0.25, 0.3) is 0 Å². The largest absolute Gasteiger partial charge is 1.00 e. The molecular formula is C22H31NaO3S. The number of hydrogen-bond donors (Lipinski definition) is 0. The molecule has 3 nitrogen and oxygen atoms in total. The Morgan fingerprint density at radius 3 is 2.00 bits per heavy atom. The van der Waals surface area contributed by atoms with E-state index in [2.05, 4.69) is 32.0 Å². The van der Waals surface area contributed by atoms with Gasteiger partial charge in [-0.1, -0.05) is 76.6 Å². The molecule has 144 valence electrons. The van der Waals surface area contributed by atoms with Gasteiger partial charge >= 0.3 is 29.6 Å². The second-order valence-corrected chi connectivity index (χ2v) is 8.52. The van der Waals surface area contributed by atoms with Gasteiger partial charge in [-0.15, -0.1) is 0 Å². The smallest absolute Gasteiger partial charge is 0.744 e. The van der Waals surface area contributed by atoms with Crippen LogP contribution in [0.15, 0.2) is 35.2 Å². The van der Waals surface area contributed by atoms with Crippen molar-refractivity contribution in [3.05, 3.63) is 41.5 Å². The van der Waals surface area contributed by atoms with E-state index in [4.69, 9.17) is 0 Å². The van der Waals surface area contributed by atoms with Gasteiger partial charge in [-0.25, -0.2) is 8.42 Å². The van der Waals surface area contributed by atoms with Crippen LogP contribution in [-0.4, -0.2) is 13.0 Å². The van der Waals surface area contributed by atoms with Crippen molar-refractivity contribution in [3.63, 3.8) is 0 Å². The zero-order chi connectivity index (χ0) is 19.0. The average molecular weight is 399 g/mol. The van der Waals surface area contributed by atoms with Crippen LogP contribution in [0.5, 0.6) is 0 Å². The normalized spacial score (nSPS) is 11.5. The molecule has 0 N–H and O–H groups in total. The van der Waals surface area contributed by atoms with Crippen LogP contribution in [0.25, 0.3) is 10.8 Å². The van der Waals surface area contributed by atoms with E-state index in [0.29, 0.717) is 12.0 Å². The Balaban J connectivity index is 0.00000364. The van der Waals surface area contributed by atoms with Crippen LogP contribution in [0.1, 0.15) is 76.3 Å². The maximum absolute atomic E-state index is 11.8. The summed E-state index contributed by atoms with van der Waals surface area (Å²) in [6.45, 7) is 4.35. The zero-order valence-electron chi connectivity index (χ0n) is 17.1. The van der Waals surface area contributed by atoms with E-state index in [1.807, 2.05) is 0 Å². The maximum atomic E-state index is 11.8. The minimum absolute atomic E-state index is 0. The Hall–Kier alpha value is -0.390. The molecule has 0 unspecified atom stereocenters. The first-order valence-electron chi connectivity index (χ1n) is 9.97. The van der Waals surface area contributed by atoms with E-state index in [1.54, 1.807) is 6.07 Å². The molecule has 27 heavy (non-hydrogen) atoms. The molecule has 0 bridgehead atoms. The summed E-state index contributed by atoms with van der Waals surface area (Å²) in [4.78, 5) is -0.0374. The molecule has 0 fully saturated rings. The van der Waals surface area contributed by atoms with Gasteiger partial charge in [-0.2, -0.15) is 0 Å². The number of fused-ring (bicyclic) bond motifs is 1. The van der Waals surface area contributed by atoms with Crippen LogP contribution in [0.4, 0.5) is 0 Å². The molecule has 5 heteroatoms. The molecular weight excluding hydrogens is 367 g/mol. The Labute approximate surface area is 187 Å². The number of benzene rings is 2. The first-order valence-corrected chi connectivity index (χ1v) is 11.4. The van der Waals surface area contributed by atoms with Crippen molar-refractivity contribution >= 4 is 20.9 Å². The summed E-state index contributed by atoms with van der Waals surface area (Å²) < 4.78 is 35.3. The number of unbranched alkanes of at least 4 members (excludes halogenated alkanes) is 6. The number of aryl methyl sites for hydroxylation is 2. The van der Waals surface area contributed by atoms with E-state index >= 15 is 0 Å². The minimum atomic E-state index is -4.45. The fraction of sp³-hybridized carbons (Fsp3) is 0.545. The minimum Gasteiger partial charge on any atom is -0.744 e. The van der Waals surface area contributed by atoms with Crippen molar-refractivity contribution in [3.8, 4) is 0 Å². The monoisotopic (exact) mass is 398 g/mol. The van der Waals surface area contributed by atoms with E-state index in [0.717, 1.165) is 49.3 Å². The van der Waals surface area contributed by atoms with Crippen molar-refractivity contribution in [2.24, 2.45) is 0 Å². The van der Waals surface area contributed by atoms with Crippen LogP contribution in [-0.2, 0) is 23.0 Å². The Morgan fingerprint density at radius 1 is 0.815 bits per heavy atom. The fourth-order valence-electron chi connectivity index (χ4n) is 3.54. The summed E-state index contributed by atoms with van der Waals surface area (Å²) in [5.41, 5.74) is 1.94. The molecule has 0 aliphatic rings. The van der Waals surface area contributed by atoms with Gasteiger partial charge in [0.1, 0.15) is 10.1 Å². The van der Waals surface area contributed by atoms with Crippen molar-refractivity contribution in [2.75, 3.05) is 0 Å². The molecule has 0 saturated carbocycles. The number of hydrogen-bond acceptors (Lipinski definition) is 3. The average Bonchev–Trinajstić information content (AvgIpc) is 2.61. The SMILES string of the molecule is CCCCCCc1ccc2ccc(S(=O)(=O)[O-])c(CCCCCC)c2c1.[Na+]. The molecule has 0 radical (unpaired) electrons. The predicted octanol–water partition coefficient (Wildman–Crippen LogP) is 2.99. The molecule has 2 rings (SSSR count). The quantitative estimate of drug-likeness (QED) is 0.332. The molecule has 0 atom stereocenters. The second kappa shape index (κ2) is 12.2. The molecule has 0 heterocycles. The fourth-order valence-corrected chi connectivity index (χ4v) is 4.29.